The molecule has 5 N–H and O–H groups in total. The molecule has 0 aliphatic carbocycles. The van der Waals surface area contributed by atoms with Crippen molar-refractivity contribution in [3.63, 3.8) is 0 Å². The second-order valence-corrected chi connectivity index (χ2v) is 7.11. The minimum atomic E-state index is -1.18. The van der Waals surface area contributed by atoms with Gasteiger partial charge in [-0.15, -0.1) is 12.4 Å². The fourth-order valence-corrected chi connectivity index (χ4v) is 3.23. The number of halogens is 1. The van der Waals surface area contributed by atoms with Gasteiger partial charge in [-0.05, 0) is 41.2 Å². The zero-order chi connectivity index (χ0) is 18.3. The van der Waals surface area contributed by atoms with Crippen LogP contribution >= 0.6 is 12.4 Å². The molecule has 0 saturated carbocycles. The Morgan fingerprint density at radius 2 is 1.77 bits per heavy atom. The Morgan fingerprint density at radius 1 is 1.04 bits per heavy atom. The van der Waals surface area contributed by atoms with Crippen LogP contribution in [0.4, 0.5) is 0 Å². The van der Waals surface area contributed by atoms with Gasteiger partial charge in [0.15, 0.2) is 0 Å². The van der Waals surface area contributed by atoms with Crippen LogP contribution in [-0.2, 0) is 6.42 Å². The van der Waals surface area contributed by atoms with Crippen LogP contribution in [0.2, 0.25) is 0 Å². The summed E-state index contributed by atoms with van der Waals surface area (Å²) in [7, 11) is 0. The predicted molar refractivity (Wildman–Crippen MR) is 110 cm³/mol. The molecule has 5 heteroatoms. The van der Waals surface area contributed by atoms with Crippen molar-refractivity contribution < 1.29 is 15.3 Å². The number of hydrogen-bond donors (Lipinski definition) is 4. The van der Waals surface area contributed by atoms with Gasteiger partial charge >= 0.3 is 0 Å². The number of benzene rings is 2. The van der Waals surface area contributed by atoms with Crippen LogP contribution in [0, 0.1) is 0 Å². The number of nitrogens with two attached hydrogens (primary N) is 1. The van der Waals surface area contributed by atoms with Crippen molar-refractivity contribution in [1.82, 2.24) is 0 Å². The molecule has 0 aliphatic rings. The first-order valence-corrected chi connectivity index (χ1v) is 9.23. The lowest BCUT2D eigenvalue weighted by molar-refractivity contribution is 0.0623. The Bertz CT molecular complexity index is 673. The molecular formula is C21H32ClNO3. The Labute approximate surface area is 162 Å². The Hall–Kier alpha value is -1.17. The first-order valence-electron chi connectivity index (χ1n) is 9.23. The van der Waals surface area contributed by atoms with Crippen molar-refractivity contribution >= 4 is 23.2 Å². The minimum absolute atomic E-state index is 0. The highest BCUT2D eigenvalue weighted by atomic mass is 35.5. The summed E-state index contributed by atoms with van der Waals surface area (Å²) in [5, 5.41) is 31.4. The van der Waals surface area contributed by atoms with Gasteiger partial charge in [0.2, 0.25) is 0 Å². The molecule has 26 heavy (non-hydrogen) atoms. The lowest BCUT2D eigenvalue weighted by Gasteiger charge is -2.28. The van der Waals surface area contributed by atoms with Crippen molar-refractivity contribution in [1.29, 1.82) is 0 Å². The molecule has 0 bridgehead atoms. The number of aliphatic hydroxyl groups is 3. The maximum absolute atomic E-state index is 10.6. The molecule has 0 amide bonds. The molecule has 2 aromatic rings. The van der Waals surface area contributed by atoms with Gasteiger partial charge in [0, 0.05) is 0 Å². The monoisotopic (exact) mass is 381 g/mol. The van der Waals surface area contributed by atoms with E-state index in [-0.39, 0.29) is 32.0 Å². The number of aryl methyl sites for hydroxylation is 1. The van der Waals surface area contributed by atoms with E-state index < -0.39 is 11.6 Å². The molecule has 0 heterocycles. The predicted octanol–water partition coefficient (Wildman–Crippen LogP) is 3.49. The van der Waals surface area contributed by atoms with E-state index in [4.69, 9.17) is 5.73 Å². The van der Waals surface area contributed by atoms with Gasteiger partial charge in [0.05, 0.1) is 24.9 Å². The highest BCUT2D eigenvalue weighted by Crippen LogP contribution is 2.30. The molecule has 0 saturated heterocycles. The average Bonchev–Trinajstić information content (AvgIpc) is 2.64. The van der Waals surface area contributed by atoms with Crippen LogP contribution < -0.4 is 5.73 Å². The summed E-state index contributed by atoms with van der Waals surface area (Å²) < 4.78 is 0. The maximum atomic E-state index is 10.6. The van der Waals surface area contributed by atoms with Crippen molar-refractivity contribution in [2.24, 2.45) is 5.73 Å². The van der Waals surface area contributed by atoms with E-state index in [1.165, 1.54) is 31.2 Å². The van der Waals surface area contributed by atoms with E-state index in [1.807, 2.05) is 12.1 Å². The number of unbranched alkanes of at least 4 members (excludes halogenated alkanes) is 3. The van der Waals surface area contributed by atoms with E-state index in [0.717, 1.165) is 22.8 Å². The highest BCUT2D eigenvalue weighted by Gasteiger charge is 2.28. The SMILES string of the molecule is CCCCCCc1ccc2c(C(O)CC(N)(CO)CO)cccc2c1.Cl. The fraction of sp³-hybridized carbons (Fsp3) is 0.524. The molecule has 2 rings (SSSR count). The van der Waals surface area contributed by atoms with Crippen LogP contribution in [0.1, 0.15) is 56.3 Å². The van der Waals surface area contributed by atoms with Gasteiger partial charge in [-0.2, -0.15) is 0 Å². The Balaban J connectivity index is 0.00000338. The molecule has 1 atom stereocenters. The third-order valence-electron chi connectivity index (χ3n) is 4.89. The van der Waals surface area contributed by atoms with Crippen LogP contribution in [0.25, 0.3) is 10.8 Å². The number of hydrogen-bond acceptors (Lipinski definition) is 4. The second kappa shape index (κ2) is 10.9. The summed E-state index contributed by atoms with van der Waals surface area (Å²) in [4.78, 5) is 0. The largest absolute Gasteiger partial charge is 0.394 e. The maximum Gasteiger partial charge on any atom is 0.0815 e. The lowest BCUT2D eigenvalue weighted by atomic mass is 9.89. The molecule has 2 aromatic carbocycles. The number of aliphatic hydroxyl groups excluding tert-OH is 3. The first kappa shape index (κ1) is 22.9. The lowest BCUT2D eigenvalue weighted by Crippen LogP contribution is -2.48. The Morgan fingerprint density at radius 3 is 2.42 bits per heavy atom. The molecule has 0 fully saturated rings. The van der Waals surface area contributed by atoms with Gasteiger partial charge in [0.1, 0.15) is 0 Å². The van der Waals surface area contributed by atoms with E-state index >= 15 is 0 Å². The molecule has 0 radical (unpaired) electrons. The molecule has 0 spiro atoms. The smallest absolute Gasteiger partial charge is 0.0815 e. The molecule has 1 unspecified atom stereocenters. The quantitative estimate of drug-likeness (QED) is 0.474. The molecule has 0 aliphatic heterocycles. The molecule has 146 valence electrons. The van der Waals surface area contributed by atoms with Crippen molar-refractivity contribution in [2.45, 2.75) is 57.1 Å². The third-order valence-corrected chi connectivity index (χ3v) is 4.89. The fourth-order valence-electron chi connectivity index (χ4n) is 3.23. The summed E-state index contributed by atoms with van der Waals surface area (Å²) in [6.07, 6.45) is 5.33. The summed E-state index contributed by atoms with van der Waals surface area (Å²) >= 11 is 0. The topological polar surface area (TPSA) is 86.7 Å². The van der Waals surface area contributed by atoms with Gasteiger partial charge in [-0.1, -0.05) is 62.6 Å². The van der Waals surface area contributed by atoms with Crippen LogP contribution in [0.5, 0.6) is 0 Å². The second-order valence-electron chi connectivity index (χ2n) is 7.11. The molecular weight excluding hydrogens is 350 g/mol. The number of rotatable bonds is 10. The van der Waals surface area contributed by atoms with Crippen molar-refractivity contribution in [3.8, 4) is 0 Å². The van der Waals surface area contributed by atoms with Crippen molar-refractivity contribution in [2.75, 3.05) is 13.2 Å². The van der Waals surface area contributed by atoms with Gasteiger partial charge < -0.3 is 21.1 Å². The van der Waals surface area contributed by atoms with Crippen LogP contribution in [0.15, 0.2) is 36.4 Å². The van der Waals surface area contributed by atoms with Gasteiger partial charge in [-0.25, -0.2) is 0 Å². The summed E-state index contributed by atoms with van der Waals surface area (Å²) in [5.74, 6) is 0. The third kappa shape index (κ3) is 5.93. The normalized spacial score (nSPS) is 12.8. The highest BCUT2D eigenvalue weighted by molar-refractivity contribution is 5.86. The average molecular weight is 382 g/mol. The van der Waals surface area contributed by atoms with E-state index in [1.54, 1.807) is 0 Å². The summed E-state index contributed by atoms with van der Waals surface area (Å²) in [6.45, 7) is 1.48. The summed E-state index contributed by atoms with van der Waals surface area (Å²) in [6, 6.07) is 12.2. The zero-order valence-corrected chi connectivity index (χ0v) is 16.3. The van der Waals surface area contributed by atoms with Crippen LogP contribution in [-0.4, -0.2) is 34.1 Å². The minimum Gasteiger partial charge on any atom is -0.394 e. The molecule has 0 aromatic heterocycles. The van der Waals surface area contributed by atoms with Crippen molar-refractivity contribution in [3.05, 3.63) is 47.5 Å². The van der Waals surface area contributed by atoms with Crippen LogP contribution in [0.3, 0.4) is 0 Å². The molecule has 4 nitrogen and oxygen atoms in total. The standard InChI is InChI=1S/C21H31NO3.ClH/c1-2-3-4-5-7-16-10-11-18-17(12-16)8-6-9-19(18)20(25)13-21(22,14-23)15-24;/h6,8-12,20,23-25H,2-5,7,13-15,22H2,1H3;1H. The zero-order valence-electron chi connectivity index (χ0n) is 15.5. The van der Waals surface area contributed by atoms with E-state index in [2.05, 4.69) is 31.2 Å². The first-order chi connectivity index (χ1) is 12.0. The van der Waals surface area contributed by atoms with Gasteiger partial charge in [0.25, 0.3) is 0 Å². The van der Waals surface area contributed by atoms with Gasteiger partial charge in [-0.3, -0.25) is 0 Å². The Kier molecular flexibility index (Phi) is 9.55. The summed E-state index contributed by atoms with van der Waals surface area (Å²) in [5.41, 5.74) is 6.84. The van der Waals surface area contributed by atoms with E-state index in [0.29, 0.717) is 0 Å². The van der Waals surface area contributed by atoms with E-state index in [9.17, 15) is 15.3 Å². The number of fused-ring (bicyclic) bond motifs is 1.